The van der Waals surface area contributed by atoms with Gasteiger partial charge in [0.25, 0.3) is 11.8 Å². The monoisotopic (exact) mass is 1440 g/mol. The molecule has 0 spiro atoms. The van der Waals surface area contributed by atoms with E-state index < -0.39 is 181 Å². The Hall–Kier alpha value is -2.33. The van der Waals surface area contributed by atoms with Gasteiger partial charge in [-0.1, -0.05) is 13.5 Å². The van der Waals surface area contributed by atoms with Crippen molar-refractivity contribution >= 4 is 393 Å². The van der Waals surface area contributed by atoms with Crippen molar-refractivity contribution in [3.63, 3.8) is 0 Å². The summed E-state index contributed by atoms with van der Waals surface area (Å²) in [6.45, 7) is 0.0562. The molecule has 3 heterocycles. The first-order valence-electron chi connectivity index (χ1n) is 30.4. The first-order chi connectivity index (χ1) is 46.0. The van der Waals surface area contributed by atoms with E-state index in [4.69, 9.17) is 197 Å². The number of carbonyl (C=O) groups is 3. The zero-order valence-corrected chi connectivity index (χ0v) is 59.9. The van der Waals surface area contributed by atoms with Gasteiger partial charge in [0.2, 0.25) is 0 Å². The topological polar surface area (TPSA) is 244 Å². The van der Waals surface area contributed by atoms with Gasteiger partial charge in [-0.15, -0.1) is 0 Å². The van der Waals surface area contributed by atoms with Gasteiger partial charge in [-0.2, -0.15) is 0 Å². The van der Waals surface area contributed by atoms with Gasteiger partial charge in [0.1, 0.15) is 28.6 Å². The smallest absolute Gasteiger partial charge is 0.322 e. The average molecular weight is 1430 g/mol. The number of halogens is 1. The Bertz CT molecular complexity index is 3830. The molecular weight excluding hydrogens is 1390 g/mol. The first kappa shape index (κ1) is 92.9. The summed E-state index contributed by atoms with van der Waals surface area (Å²) in [4.78, 5) is 40.1. The number of amides is 4. The number of furan rings is 1. The van der Waals surface area contributed by atoms with Crippen molar-refractivity contribution in [1.82, 2.24) is 15.5 Å². The normalized spacial score (nSPS) is 13.4. The minimum absolute atomic E-state index is 0. The molecule has 1 aromatic heterocycles. The van der Waals surface area contributed by atoms with Gasteiger partial charge in [0, 0.05) is 348 Å². The summed E-state index contributed by atoms with van der Waals surface area (Å²) in [5.41, 5.74) is -0.116. The second-order valence-corrected chi connectivity index (χ2v) is 32.1. The molecule has 5 aromatic rings. The van der Waals surface area contributed by atoms with E-state index in [2.05, 4.69) is 10.6 Å². The maximum Gasteiger partial charge on any atom is 0.322 e. The third-order valence-electron chi connectivity index (χ3n) is 17.4. The van der Waals surface area contributed by atoms with Crippen LogP contribution in [0.4, 0.5) is 4.79 Å². The highest BCUT2D eigenvalue weighted by Crippen LogP contribution is 2.36. The summed E-state index contributed by atoms with van der Waals surface area (Å²) in [5, 5.41) is 23.2. The fourth-order valence-electron chi connectivity index (χ4n) is 12.8. The van der Waals surface area contributed by atoms with Crippen LogP contribution < -0.4 is 15.4 Å². The highest BCUT2D eigenvalue weighted by Gasteiger charge is 2.59. The van der Waals surface area contributed by atoms with Crippen molar-refractivity contribution in [2.75, 3.05) is 32.4 Å². The Morgan fingerprint density at radius 3 is 1.26 bits per heavy atom. The van der Waals surface area contributed by atoms with Crippen molar-refractivity contribution in [1.29, 1.82) is 0 Å². The van der Waals surface area contributed by atoms with Crippen LogP contribution in [-0.4, -0.2) is 403 Å². The molecule has 64 heteroatoms. The Kier molecular flexibility index (Phi) is 36.0. The van der Waals surface area contributed by atoms with Gasteiger partial charge in [0.05, 0.1) is 31.9 Å². The Labute approximate surface area is 650 Å². The second-order valence-electron chi connectivity index (χ2n) is 24.9. The number of hydrogen-bond donors (Lipinski definition) is 4. The van der Waals surface area contributed by atoms with Crippen LogP contribution in [0.3, 0.4) is 0 Å². The van der Waals surface area contributed by atoms with Gasteiger partial charge >= 0.3 is 6.03 Å². The summed E-state index contributed by atoms with van der Waals surface area (Å²) in [5.74, 6) is -0.193. The standard InChI is InChI=1S/C22H19N3O7S.C7H7IO3S.C7H8O3S.CH4.B44/c1-31-14-4-3-12-10-25(19(26)16(12)9-14)11-22(20(27)23-21(28)24-22)18-8-13-7-15(33(2,29)30)5-6-17(13)32-18;1-12(10,11)5-2-3-7(9)6(8)4-5;1-11(9,10)7-4-2-6(8)3-5-7;;1-24(2)35(23)41(36(25(3)4)26(5)6)44(42(37(27(7)8)28(9)10)38(29(11)12)30(13)14)43(39(31(15)16)32(17)18)40(33(19)20)34(21)22/h3-9H,10-11H2,1-2H3,(H2,23,24,27,28);2-4,9H,1H3;2-5,8H,1H3;1H4;/t22-;;;;/m0..../s1. The molecule has 16 nitrogen and oxygen atoms in total. The molecule has 0 aliphatic carbocycles. The van der Waals surface area contributed by atoms with E-state index in [1.54, 1.807) is 18.2 Å². The molecule has 0 unspecified atom stereocenters. The summed E-state index contributed by atoms with van der Waals surface area (Å²) in [6, 6.07) is 19.9. The molecule has 4 N–H and O–H groups in total. The molecule has 436 valence electrons. The number of methoxy groups -OCH3 is 1. The molecule has 46 radical (unpaired) electrons. The van der Waals surface area contributed by atoms with Crippen molar-refractivity contribution in [2.24, 2.45) is 0 Å². The van der Waals surface area contributed by atoms with Crippen LogP contribution in [0.15, 0.2) is 104 Å². The number of fused-ring (bicyclic) bond motifs is 2. The minimum atomic E-state index is -3.45. The van der Waals surface area contributed by atoms with E-state index in [1.165, 1.54) is 78.7 Å². The SMILES string of the molecule is C.COc1ccc2c(c1)C(=O)N(C[C@@]1(c3cc4cc(S(C)(=O)=O)ccc4o3)NC(=O)NC1=O)C2.CS(=O)(=O)c1ccc(O)c(I)c1.CS(=O)(=O)c1ccc(O)cc1.[B]B([B])B([B])B(B(B([B])[B])B([B])[B])B(B(B(B([B])[B])B([B])[B])B(B([B])[B])B([B])[B])B(B(B([B])[B])B([B])[B])B(B([B])[B])B([B])[B]. The molecule has 1 atom stereocenters. The summed E-state index contributed by atoms with van der Waals surface area (Å²) < 4.78 is 79.2. The van der Waals surface area contributed by atoms with Crippen molar-refractivity contribution < 1.29 is 59.0 Å². The Balaban J connectivity index is 0.000000401. The molecule has 1 saturated heterocycles. The van der Waals surface area contributed by atoms with Gasteiger partial charge in [-0.25, -0.2) is 30.0 Å². The van der Waals surface area contributed by atoms with Crippen molar-refractivity contribution in [3.8, 4) is 17.2 Å². The lowest BCUT2D eigenvalue weighted by atomic mass is 8.26. The van der Waals surface area contributed by atoms with Crippen LogP contribution in [0.2, 0.25) is 0 Å². The number of sulfone groups is 3. The molecule has 0 bridgehead atoms. The maximum absolute atomic E-state index is 13.1. The van der Waals surface area contributed by atoms with Crippen LogP contribution in [0, 0.1) is 3.57 Å². The number of imide groups is 1. The van der Waals surface area contributed by atoms with Gasteiger partial charge in [-0.05, 0) is 107 Å². The zero-order valence-electron chi connectivity index (χ0n) is 55.3. The van der Waals surface area contributed by atoms with Crippen LogP contribution in [-0.2, 0) is 46.4 Å². The molecule has 7 rings (SSSR count). The highest BCUT2D eigenvalue weighted by molar-refractivity contribution is 14.1. The van der Waals surface area contributed by atoms with Crippen molar-refractivity contribution in [3.05, 3.63) is 105 Å². The summed E-state index contributed by atoms with van der Waals surface area (Å²) in [6.07, 6.45) is -22.0. The largest absolute Gasteiger partial charge is 0.508 e. The number of benzene rings is 4. The van der Waals surface area contributed by atoms with Gasteiger partial charge in [-0.3, -0.25) is 14.9 Å². The van der Waals surface area contributed by atoms with Crippen LogP contribution in [0.25, 0.3) is 11.0 Å². The molecule has 101 heavy (non-hydrogen) atoms. The number of urea groups is 1. The lowest BCUT2D eigenvalue weighted by Gasteiger charge is -2.55. The van der Waals surface area contributed by atoms with Gasteiger partial charge in [0.15, 0.2) is 35.1 Å². The third kappa shape index (κ3) is 24.1. The quantitative estimate of drug-likeness (QED) is 0.0217. The van der Waals surface area contributed by atoms with Crippen molar-refractivity contribution in [2.45, 2.75) is 34.2 Å². The van der Waals surface area contributed by atoms with E-state index in [9.17, 15) is 39.6 Å². The number of aromatic hydroxyl groups is 2. The lowest BCUT2D eigenvalue weighted by molar-refractivity contribution is -0.125. The second kappa shape index (κ2) is 39.2. The fourth-order valence-corrected chi connectivity index (χ4v) is 15.5. The van der Waals surface area contributed by atoms with E-state index in [0.717, 1.165) is 24.3 Å². The molecule has 2 aliphatic heterocycles. The zero-order chi connectivity index (χ0) is 76.5. The molecule has 4 amide bonds. The maximum atomic E-state index is 13.1. The molecule has 1 fully saturated rings. The first-order valence-corrected chi connectivity index (χ1v) is 37.1. The molecule has 0 saturated carbocycles. The van der Waals surface area contributed by atoms with E-state index in [-0.39, 0.29) is 58.4 Å². The number of ether oxygens (including phenoxy) is 1. The lowest BCUT2D eigenvalue weighted by Crippen LogP contribution is -2.93. The number of phenolic OH excluding ortho intramolecular Hbond substituents is 2. The molecule has 2 aliphatic rings. The number of rotatable bonds is 27. The molecule has 4 aromatic carbocycles. The van der Waals surface area contributed by atoms with E-state index >= 15 is 0 Å². The summed E-state index contributed by atoms with van der Waals surface area (Å²) >= 11 is 1.88. The highest BCUT2D eigenvalue weighted by atomic mass is 127. The van der Waals surface area contributed by atoms with Crippen LogP contribution >= 0.6 is 22.6 Å². The van der Waals surface area contributed by atoms with E-state index in [0.29, 0.717) is 25.9 Å². The summed E-state index contributed by atoms with van der Waals surface area (Å²) in [7, 11) is 137. The Morgan fingerprint density at radius 1 is 0.505 bits per heavy atom. The number of phenols is 2. The van der Waals surface area contributed by atoms with Crippen LogP contribution in [0.1, 0.15) is 29.1 Å². The third-order valence-corrected chi connectivity index (χ3v) is 21.6. The Morgan fingerprint density at radius 2 is 0.891 bits per heavy atom. The minimum Gasteiger partial charge on any atom is -0.508 e. The predicted octanol–water partition coefficient (Wildman–Crippen LogP) is -12.4. The number of hydrogen-bond acceptors (Lipinski definition) is 13. The number of nitrogens with zero attached hydrogens (tertiary/aromatic N) is 1. The van der Waals surface area contributed by atoms with E-state index in [1.807, 2.05) is 22.6 Å². The number of nitrogens with one attached hydrogen (secondary N) is 2. The van der Waals surface area contributed by atoms with Crippen LogP contribution in [0.5, 0.6) is 17.2 Å². The van der Waals surface area contributed by atoms with Gasteiger partial charge < -0.3 is 29.6 Å². The predicted molar refractivity (Wildman–Crippen MR) is 470 cm³/mol. The number of carbonyl (C=O) groups excluding carboxylic acids is 3. The molecular formula is C37H38B44IN3O13S3. The fraction of sp³-hybridized carbons (Fsp3) is 0.216. The average Bonchev–Trinajstić information content (AvgIpc) is 1.68.